The van der Waals surface area contributed by atoms with Crippen LogP contribution in [-0.4, -0.2) is 17.0 Å². The van der Waals surface area contributed by atoms with Crippen molar-refractivity contribution in [2.45, 2.75) is 38.0 Å². The highest BCUT2D eigenvalue weighted by molar-refractivity contribution is 6.06. The van der Waals surface area contributed by atoms with Gasteiger partial charge < -0.3 is 15.0 Å². The van der Waals surface area contributed by atoms with Crippen LogP contribution in [0.2, 0.25) is 0 Å². The number of hydrogen-bond donors (Lipinski definition) is 2. The van der Waals surface area contributed by atoms with E-state index in [4.69, 9.17) is 4.74 Å². The quantitative estimate of drug-likeness (QED) is 0.819. The molecule has 2 aliphatic rings. The number of pyridine rings is 1. The minimum absolute atomic E-state index is 0.0102. The van der Waals surface area contributed by atoms with Gasteiger partial charge in [-0.2, -0.15) is 13.2 Å². The van der Waals surface area contributed by atoms with Gasteiger partial charge in [0.05, 0.1) is 11.1 Å². The fourth-order valence-corrected chi connectivity index (χ4v) is 4.20. The van der Waals surface area contributed by atoms with Crippen LogP contribution in [-0.2, 0) is 6.18 Å². The third-order valence-electron chi connectivity index (χ3n) is 5.54. The summed E-state index contributed by atoms with van der Waals surface area (Å²) in [5, 5.41) is 2.54. The minimum Gasteiger partial charge on any atom is -0.489 e. The summed E-state index contributed by atoms with van der Waals surface area (Å²) in [5.41, 5.74) is -1.00. The first-order valence-electron chi connectivity index (χ1n) is 9.17. The lowest BCUT2D eigenvalue weighted by atomic mass is 9.97. The lowest BCUT2D eigenvalue weighted by Gasteiger charge is -2.25. The molecule has 2 N–H and O–H groups in total. The van der Waals surface area contributed by atoms with Crippen molar-refractivity contribution >= 4 is 11.6 Å². The first-order valence-corrected chi connectivity index (χ1v) is 9.17. The number of fused-ring (bicyclic) bond motifs is 2. The second kappa shape index (κ2) is 7.00. The molecule has 5 nitrogen and oxygen atoms in total. The molecule has 0 radical (unpaired) electrons. The maximum absolute atomic E-state index is 13.2. The first kappa shape index (κ1) is 18.6. The molecule has 28 heavy (non-hydrogen) atoms. The Balaban J connectivity index is 1.63. The summed E-state index contributed by atoms with van der Waals surface area (Å²) in [5.74, 6) is 0.171. The number of carbonyl (C=O) groups is 1. The van der Waals surface area contributed by atoms with Crippen molar-refractivity contribution in [3.8, 4) is 5.75 Å². The number of rotatable bonds is 4. The Kier molecular flexibility index (Phi) is 4.64. The van der Waals surface area contributed by atoms with Crippen LogP contribution in [0.15, 0.2) is 41.3 Å². The van der Waals surface area contributed by atoms with E-state index in [0.717, 1.165) is 43.9 Å². The second-order valence-electron chi connectivity index (χ2n) is 7.44. The normalized spacial score (nSPS) is 23.6. The summed E-state index contributed by atoms with van der Waals surface area (Å²) >= 11 is 0. The standard InChI is InChI=1S/C20H19F3N2O3/c21-20(22,23)13-3-4-15(19(27)25-14-5-6-24-18(26)10-14)17(9-13)28-16-8-11-1-2-12(16)7-11/h3-6,9-12,16H,1-2,7-8H2,(H2,24,25,26,27)/t11-,12?,16+/m0/s1. The SMILES string of the molecule is O=C(Nc1cc[nH]c(=O)c1)c1ccc(C(F)(F)F)cc1O[C@@H]1C[C@H]2CCC1C2. The number of aromatic nitrogens is 1. The van der Waals surface area contributed by atoms with Gasteiger partial charge in [-0.3, -0.25) is 9.59 Å². The number of nitrogens with one attached hydrogen (secondary N) is 2. The fraction of sp³-hybridized carbons (Fsp3) is 0.400. The Morgan fingerprint density at radius 2 is 1.96 bits per heavy atom. The van der Waals surface area contributed by atoms with Crippen molar-refractivity contribution in [1.82, 2.24) is 4.98 Å². The number of halogens is 3. The fourth-order valence-electron chi connectivity index (χ4n) is 4.20. The van der Waals surface area contributed by atoms with Crippen molar-refractivity contribution in [1.29, 1.82) is 0 Å². The predicted molar refractivity (Wildman–Crippen MR) is 96.3 cm³/mol. The third kappa shape index (κ3) is 3.76. The van der Waals surface area contributed by atoms with E-state index in [1.54, 1.807) is 0 Å². The van der Waals surface area contributed by atoms with Crippen LogP contribution < -0.4 is 15.6 Å². The molecule has 1 aromatic heterocycles. The van der Waals surface area contributed by atoms with Gasteiger partial charge in [-0.15, -0.1) is 0 Å². The van der Waals surface area contributed by atoms with Crippen molar-refractivity contribution in [2.75, 3.05) is 5.32 Å². The molecule has 1 aromatic carbocycles. The Morgan fingerprint density at radius 3 is 2.61 bits per heavy atom. The van der Waals surface area contributed by atoms with Crippen LogP contribution in [0, 0.1) is 11.8 Å². The van der Waals surface area contributed by atoms with Gasteiger partial charge in [-0.1, -0.05) is 0 Å². The summed E-state index contributed by atoms with van der Waals surface area (Å²) in [6.45, 7) is 0. The molecule has 0 saturated heterocycles. The number of hydrogen-bond acceptors (Lipinski definition) is 3. The average Bonchev–Trinajstić information content (AvgIpc) is 3.24. The maximum atomic E-state index is 13.2. The zero-order valence-corrected chi connectivity index (χ0v) is 14.9. The van der Waals surface area contributed by atoms with Crippen LogP contribution in [0.5, 0.6) is 5.75 Å². The Hall–Kier alpha value is -2.77. The van der Waals surface area contributed by atoms with Crippen LogP contribution in [0.3, 0.4) is 0 Å². The molecule has 0 aliphatic heterocycles. The zero-order valence-electron chi connectivity index (χ0n) is 14.9. The van der Waals surface area contributed by atoms with E-state index < -0.39 is 23.2 Å². The highest BCUT2D eigenvalue weighted by Crippen LogP contribution is 2.46. The number of alkyl halides is 3. The summed E-state index contributed by atoms with van der Waals surface area (Å²) < 4.78 is 45.4. The number of benzene rings is 1. The lowest BCUT2D eigenvalue weighted by molar-refractivity contribution is -0.137. The molecule has 1 amide bonds. The largest absolute Gasteiger partial charge is 0.489 e. The van der Waals surface area contributed by atoms with E-state index in [2.05, 4.69) is 10.3 Å². The molecule has 2 bridgehead atoms. The molecule has 2 aliphatic carbocycles. The molecule has 0 spiro atoms. The third-order valence-corrected chi connectivity index (χ3v) is 5.54. The lowest BCUT2D eigenvalue weighted by Crippen LogP contribution is -2.25. The van der Waals surface area contributed by atoms with E-state index in [1.807, 2.05) is 0 Å². The predicted octanol–water partition coefficient (Wildman–Crippen LogP) is 4.21. The second-order valence-corrected chi connectivity index (χ2v) is 7.44. The molecule has 2 aromatic rings. The molecule has 3 atom stereocenters. The van der Waals surface area contributed by atoms with Crippen LogP contribution in [0.1, 0.15) is 41.6 Å². The van der Waals surface area contributed by atoms with Gasteiger partial charge in [0, 0.05) is 18.0 Å². The number of amides is 1. The zero-order chi connectivity index (χ0) is 19.9. The monoisotopic (exact) mass is 392 g/mol. The summed E-state index contributed by atoms with van der Waals surface area (Å²) in [6, 6.07) is 5.55. The van der Waals surface area contributed by atoms with E-state index in [9.17, 15) is 22.8 Å². The van der Waals surface area contributed by atoms with Crippen molar-refractivity contribution in [3.05, 3.63) is 58.0 Å². The van der Waals surface area contributed by atoms with E-state index in [1.165, 1.54) is 18.3 Å². The summed E-state index contributed by atoms with van der Waals surface area (Å²) in [7, 11) is 0. The van der Waals surface area contributed by atoms with E-state index in [-0.39, 0.29) is 23.1 Å². The number of aromatic amines is 1. The molecule has 148 valence electrons. The molecular formula is C20H19F3N2O3. The molecule has 8 heteroatoms. The summed E-state index contributed by atoms with van der Waals surface area (Å²) in [4.78, 5) is 26.5. The number of carbonyl (C=O) groups excluding carboxylic acids is 1. The number of ether oxygens (including phenoxy) is 1. The van der Waals surface area contributed by atoms with Gasteiger partial charge in [0.1, 0.15) is 11.9 Å². The first-order chi connectivity index (χ1) is 13.3. The number of H-pyrrole nitrogens is 1. The average molecular weight is 392 g/mol. The van der Waals surface area contributed by atoms with Crippen molar-refractivity contribution in [3.63, 3.8) is 0 Å². The molecule has 2 fully saturated rings. The Morgan fingerprint density at radius 1 is 1.14 bits per heavy atom. The molecule has 4 rings (SSSR count). The smallest absolute Gasteiger partial charge is 0.416 e. The number of anilines is 1. The van der Waals surface area contributed by atoms with Gasteiger partial charge in [-0.25, -0.2) is 0 Å². The van der Waals surface area contributed by atoms with Gasteiger partial charge >= 0.3 is 6.18 Å². The molecule has 1 heterocycles. The molecular weight excluding hydrogens is 373 g/mol. The maximum Gasteiger partial charge on any atom is 0.416 e. The highest BCUT2D eigenvalue weighted by Gasteiger charge is 2.41. The van der Waals surface area contributed by atoms with Crippen LogP contribution in [0.25, 0.3) is 0 Å². The summed E-state index contributed by atoms with van der Waals surface area (Å²) in [6.07, 6.45) is 0.624. The van der Waals surface area contributed by atoms with E-state index >= 15 is 0 Å². The molecule has 2 saturated carbocycles. The Bertz CT molecular complexity index is 954. The molecule has 1 unspecified atom stereocenters. The minimum atomic E-state index is -4.53. The van der Waals surface area contributed by atoms with Gasteiger partial charge in [0.15, 0.2) is 0 Å². The van der Waals surface area contributed by atoms with Gasteiger partial charge in [0.2, 0.25) is 5.56 Å². The Labute approximate surface area is 158 Å². The topological polar surface area (TPSA) is 71.2 Å². The van der Waals surface area contributed by atoms with Gasteiger partial charge in [0.25, 0.3) is 5.91 Å². The van der Waals surface area contributed by atoms with Crippen molar-refractivity contribution in [2.24, 2.45) is 11.8 Å². The van der Waals surface area contributed by atoms with Gasteiger partial charge in [-0.05, 0) is 61.8 Å². The van der Waals surface area contributed by atoms with Crippen LogP contribution >= 0.6 is 0 Å². The van der Waals surface area contributed by atoms with E-state index in [0.29, 0.717) is 11.8 Å². The van der Waals surface area contributed by atoms with Crippen LogP contribution in [0.4, 0.5) is 18.9 Å². The van der Waals surface area contributed by atoms with Crippen molar-refractivity contribution < 1.29 is 22.7 Å². The highest BCUT2D eigenvalue weighted by atomic mass is 19.4.